The minimum atomic E-state index is -0.297. The zero-order chi connectivity index (χ0) is 15.5. The normalized spacial score (nSPS) is 12.7. The molecule has 2 rings (SSSR count). The smallest absolute Gasteiger partial charge is 0.171 e. The van der Waals surface area contributed by atoms with Crippen LogP contribution in [0.1, 0.15) is 42.6 Å². The number of hydrogen-bond acceptors (Lipinski definition) is 1. The summed E-state index contributed by atoms with van der Waals surface area (Å²) in [5.41, 5.74) is 2.51. The zero-order valence-corrected chi connectivity index (χ0v) is 13.0. The molecule has 1 unspecified atom stereocenters. The number of benzene rings is 2. The van der Waals surface area contributed by atoms with Crippen molar-refractivity contribution < 1.29 is 4.79 Å². The zero-order valence-electron chi connectivity index (χ0n) is 13.0. The van der Waals surface area contributed by atoms with Crippen LogP contribution in [0.4, 0.5) is 0 Å². The third-order valence-corrected chi connectivity index (χ3v) is 4.28. The largest absolute Gasteiger partial charge is 0.293 e. The summed E-state index contributed by atoms with van der Waals surface area (Å²) < 4.78 is 0. The molecule has 0 radical (unpaired) electrons. The monoisotopic (exact) mass is 278 g/mol. The van der Waals surface area contributed by atoms with Gasteiger partial charge in [0.25, 0.3) is 0 Å². The van der Waals surface area contributed by atoms with Gasteiger partial charge in [-0.1, -0.05) is 86.7 Å². The van der Waals surface area contributed by atoms with Gasteiger partial charge < -0.3 is 0 Å². The lowest BCUT2D eigenvalue weighted by atomic mass is 9.68. The molecule has 0 aliphatic heterocycles. The molecule has 2 aromatic carbocycles. The van der Waals surface area contributed by atoms with Gasteiger partial charge >= 0.3 is 0 Å². The fourth-order valence-electron chi connectivity index (χ4n) is 2.56. The van der Waals surface area contributed by atoms with E-state index in [2.05, 4.69) is 20.4 Å². The van der Waals surface area contributed by atoms with Gasteiger partial charge in [-0.05, 0) is 17.9 Å². The minimum absolute atomic E-state index is 0.148. The molecule has 0 saturated carbocycles. The Balaban J connectivity index is 2.52. The van der Waals surface area contributed by atoms with Crippen molar-refractivity contribution in [1.82, 2.24) is 0 Å². The summed E-state index contributed by atoms with van der Waals surface area (Å²) in [6.45, 7) is 10.3. The summed E-state index contributed by atoms with van der Waals surface area (Å²) in [7, 11) is 0. The van der Waals surface area contributed by atoms with E-state index in [0.717, 1.165) is 16.7 Å². The molecule has 21 heavy (non-hydrogen) atoms. The van der Waals surface area contributed by atoms with Crippen LogP contribution in [0.5, 0.6) is 0 Å². The van der Waals surface area contributed by atoms with Crippen molar-refractivity contribution in [2.24, 2.45) is 5.41 Å². The van der Waals surface area contributed by atoms with Crippen LogP contribution in [0.2, 0.25) is 0 Å². The molecule has 0 aliphatic rings. The van der Waals surface area contributed by atoms with E-state index in [1.54, 1.807) is 0 Å². The maximum Gasteiger partial charge on any atom is 0.171 e. The Morgan fingerprint density at radius 1 is 0.952 bits per heavy atom. The first-order chi connectivity index (χ1) is 9.94. The quantitative estimate of drug-likeness (QED) is 0.539. The SMILES string of the molecule is C=C(C)C(C)(C)C(C(=O)c1ccccc1)c1ccccc1. The predicted octanol–water partition coefficient (Wildman–Crippen LogP) is 5.26. The van der Waals surface area contributed by atoms with Crippen LogP contribution in [0, 0.1) is 5.41 Å². The Bertz CT molecular complexity index is 623. The molecule has 0 aliphatic carbocycles. The number of carbonyl (C=O) groups excluding carboxylic acids is 1. The van der Waals surface area contributed by atoms with E-state index in [4.69, 9.17) is 0 Å². The molecule has 0 N–H and O–H groups in total. The third-order valence-electron chi connectivity index (χ3n) is 4.28. The molecular formula is C20H22O. The van der Waals surface area contributed by atoms with E-state index in [1.807, 2.05) is 67.6 Å². The molecular weight excluding hydrogens is 256 g/mol. The average molecular weight is 278 g/mol. The standard InChI is InChI=1S/C20H22O/c1-15(2)20(3,4)18(16-11-7-5-8-12-16)19(21)17-13-9-6-10-14-17/h5-14,18H,1H2,2-4H3. The Hall–Kier alpha value is -2.15. The van der Waals surface area contributed by atoms with Crippen LogP contribution in [0.15, 0.2) is 72.8 Å². The van der Waals surface area contributed by atoms with Crippen molar-refractivity contribution in [3.8, 4) is 0 Å². The first-order valence-electron chi connectivity index (χ1n) is 7.25. The van der Waals surface area contributed by atoms with E-state index < -0.39 is 0 Å². The molecule has 0 bridgehead atoms. The van der Waals surface area contributed by atoms with Gasteiger partial charge in [-0.25, -0.2) is 0 Å². The highest BCUT2D eigenvalue weighted by Gasteiger charge is 2.37. The number of Topliss-reactive ketones (excluding diaryl/α,β-unsaturated/α-hetero) is 1. The van der Waals surface area contributed by atoms with Crippen molar-refractivity contribution in [1.29, 1.82) is 0 Å². The summed E-state index contributed by atoms with van der Waals surface area (Å²) in [6.07, 6.45) is 0. The second kappa shape index (κ2) is 6.09. The van der Waals surface area contributed by atoms with Gasteiger partial charge in [0.2, 0.25) is 0 Å². The second-order valence-electron chi connectivity index (χ2n) is 6.08. The number of rotatable bonds is 5. The minimum Gasteiger partial charge on any atom is -0.293 e. The highest BCUT2D eigenvalue weighted by Crippen LogP contribution is 2.42. The van der Waals surface area contributed by atoms with Gasteiger partial charge in [-0.3, -0.25) is 4.79 Å². The van der Waals surface area contributed by atoms with E-state index in [0.29, 0.717) is 0 Å². The molecule has 0 saturated heterocycles. The van der Waals surface area contributed by atoms with Crippen LogP contribution in [0.25, 0.3) is 0 Å². The third kappa shape index (κ3) is 3.13. The molecule has 0 aromatic heterocycles. The van der Waals surface area contributed by atoms with Crippen molar-refractivity contribution in [3.63, 3.8) is 0 Å². The van der Waals surface area contributed by atoms with E-state index in [9.17, 15) is 4.79 Å². The van der Waals surface area contributed by atoms with Crippen LogP contribution in [0.3, 0.4) is 0 Å². The fraction of sp³-hybridized carbons (Fsp3) is 0.250. The first kappa shape index (κ1) is 15.2. The summed E-state index contributed by atoms with van der Waals surface area (Å²) >= 11 is 0. The molecule has 0 fully saturated rings. The van der Waals surface area contributed by atoms with Crippen LogP contribution < -0.4 is 0 Å². The van der Waals surface area contributed by atoms with Crippen LogP contribution >= 0.6 is 0 Å². The molecule has 0 spiro atoms. The number of allylic oxidation sites excluding steroid dienone is 1. The van der Waals surface area contributed by atoms with Gasteiger partial charge in [-0.2, -0.15) is 0 Å². The maximum atomic E-state index is 13.1. The van der Waals surface area contributed by atoms with Crippen LogP contribution in [-0.2, 0) is 0 Å². The lowest BCUT2D eigenvalue weighted by Gasteiger charge is -2.34. The molecule has 1 nitrogen and oxygen atoms in total. The Morgan fingerprint density at radius 2 is 1.43 bits per heavy atom. The molecule has 1 heteroatoms. The van der Waals surface area contributed by atoms with E-state index in [1.165, 1.54) is 0 Å². The Labute approximate surface area is 127 Å². The molecule has 0 heterocycles. The predicted molar refractivity (Wildman–Crippen MR) is 88.6 cm³/mol. The second-order valence-corrected chi connectivity index (χ2v) is 6.08. The van der Waals surface area contributed by atoms with Crippen LogP contribution in [-0.4, -0.2) is 5.78 Å². The molecule has 2 aromatic rings. The topological polar surface area (TPSA) is 17.1 Å². The lowest BCUT2D eigenvalue weighted by molar-refractivity contribution is 0.0906. The Kier molecular flexibility index (Phi) is 4.42. The average Bonchev–Trinajstić information content (AvgIpc) is 2.49. The first-order valence-corrected chi connectivity index (χ1v) is 7.25. The summed E-state index contributed by atoms with van der Waals surface area (Å²) in [6, 6.07) is 19.5. The number of hydrogen-bond donors (Lipinski definition) is 0. The highest BCUT2D eigenvalue weighted by atomic mass is 16.1. The van der Waals surface area contributed by atoms with Crippen molar-refractivity contribution in [2.75, 3.05) is 0 Å². The van der Waals surface area contributed by atoms with Gasteiger partial charge in [0.1, 0.15) is 0 Å². The fourth-order valence-corrected chi connectivity index (χ4v) is 2.56. The van der Waals surface area contributed by atoms with Crippen molar-refractivity contribution in [3.05, 3.63) is 83.9 Å². The highest BCUT2D eigenvalue weighted by molar-refractivity contribution is 6.01. The molecule has 0 amide bonds. The van der Waals surface area contributed by atoms with Gasteiger partial charge in [0.15, 0.2) is 5.78 Å². The van der Waals surface area contributed by atoms with Gasteiger partial charge in [0, 0.05) is 5.56 Å². The van der Waals surface area contributed by atoms with E-state index in [-0.39, 0.29) is 17.1 Å². The Morgan fingerprint density at radius 3 is 1.90 bits per heavy atom. The summed E-state index contributed by atoms with van der Waals surface area (Å²) in [5, 5.41) is 0. The maximum absolute atomic E-state index is 13.1. The molecule has 108 valence electrons. The molecule has 1 atom stereocenters. The lowest BCUT2D eigenvalue weighted by Crippen LogP contribution is -2.30. The summed E-state index contributed by atoms with van der Waals surface area (Å²) in [5.74, 6) is -0.0756. The number of carbonyl (C=O) groups is 1. The number of ketones is 1. The van der Waals surface area contributed by atoms with E-state index >= 15 is 0 Å². The van der Waals surface area contributed by atoms with Gasteiger partial charge in [0.05, 0.1) is 5.92 Å². The van der Waals surface area contributed by atoms with Gasteiger partial charge in [-0.15, -0.1) is 0 Å². The summed E-state index contributed by atoms with van der Waals surface area (Å²) in [4.78, 5) is 13.1. The van der Waals surface area contributed by atoms with Crippen molar-refractivity contribution in [2.45, 2.75) is 26.7 Å². The van der Waals surface area contributed by atoms with Crippen molar-refractivity contribution >= 4 is 5.78 Å².